The first kappa shape index (κ1) is 20.9. The molecule has 146 valence electrons. The van der Waals surface area contributed by atoms with Crippen LogP contribution in [-0.2, 0) is 10.0 Å². The molecule has 1 heterocycles. The van der Waals surface area contributed by atoms with Crippen LogP contribution in [0.4, 0.5) is 0 Å². The fourth-order valence-electron chi connectivity index (χ4n) is 3.46. The van der Waals surface area contributed by atoms with Crippen molar-refractivity contribution < 1.29 is 13.2 Å². The summed E-state index contributed by atoms with van der Waals surface area (Å²) >= 11 is 0. The van der Waals surface area contributed by atoms with Gasteiger partial charge in [0, 0.05) is 37.8 Å². The highest BCUT2D eigenvalue weighted by atomic mass is 32.2. The molecule has 1 N–H and O–H groups in total. The Labute approximate surface area is 157 Å². The lowest BCUT2D eigenvalue weighted by atomic mass is 10.1. The third-order valence-corrected chi connectivity index (χ3v) is 7.03. The number of rotatable bonds is 8. The number of nitrogens with zero attached hydrogens (tertiary/aromatic N) is 2. The second kappa shape index (κ2) is 8.97. The zero-order valence-electron chi connectivity index (χ0n) is 16.3. The van der Waals surface area contributed by atoms with Crippen LogP contribution in [0.1, 0.15) is 49.5 Å². The number of carbonyl (C=O) groups is 1. The predicted molar refractivity (Wildman–Crippen MR) is 104 cm³/mol. The van der Waals surface area contributed by atoms with Gasteiger partial charge in [-0.3, -0.25) is 4.79 Å². The maximum Gasteiger partial charge on any atom is 0.254 e. The van der Waals surface area contributed by atoms with Gasteiger partial charge in [-0.1, -0.05) is 26.8 Å². The predicted octanol–water partition coefficient (Wildman–Crippen LogP) is 2.24. The van der Waals surface area contributed by atoms with Crippen molar-refractivity contribution in [1.82, 2.24) is 14.5 Å². The van der Waals surface area contributed by atoms with E-state index in [4.69, 9.17) is 0 Å². The largest absolute Gasteiger partial charge is 0.334 e. The van der Waals surface area contributed by atoms with Gasteiger partial charge >= 0.3 is 0 Å². The van der Waals surface area contributed by atoms with Crippen molar-refractivity contribution in [1.29, 1.82) is 0 Å². The molecule has 26 heavy (non-hydrogen) atoms. The highest BCUT2D eigenvalue weighted by molar-refractivity contribution is 7.89. The van der Waals surface area contributed by atoms with Crippen molar-refractivity contribution in [2.45, 2.75) is 51.5 Å². The smallest absolute Gasteiger partial charge is 0.254 e. The maximum atomic E-state index is 13.2. The molecule has 0 bridgehead atoms. The molecular weight excluding hydrogens is 350 g/mol. The summed E-state index contributed by atoms with van der Waals surface area (Å²) in [7, 11) is -3.58. The summed E-state index contributed by atoms with van der Waals surface area (Å²) in [4.78, 5) is 15.3. The molecule has 1 atom stereocenters. The molecule has 1 aliphatic rings. The molecule has 0 aromatic heterocycles. The first-order valence-corrected chi connectivity index (χ1v) is 10.9. The Bertz CT molecular complexity index is 724. The van der Waals surface area contributed by atoms with Crippen molar-refractivity contribution in [3.63, 3.8) is 0 Å². The average Bonchev–Trinajstić information content (AvgIpc) is 3.14. The van der Waals surface area contributed by atoms with E-state index in [0.29, 0.717) is 25.2 Å². The minimum Gasteiger partial charge on any atom is -0.334 e. The van der Waals surface area contributed by atoms with Crippen LogP contribution in [0.25, 0.3) is 0 Å². The van der Waals surface area contributed by atoms with E-state index in [9.17, 15) is 13.2 Å². The summed E-state index contributed by atoms with van der Waals surface area (Å²) in [6.45, 7) is 10.7. The SMILES string of the molecule is CCCN(C(=O)c1cc(S(=O)(=O)N(CC)CC)ccc1C)C1CCNC1. The zero-order valence-corrected chi connectivity index (χ0v) is 17.1. The summed E-state index contributed by atoms with van der Waals surface area (Å²) in [6.07, 6.45) is 1.81. The summed E-state index contributed by atoms with van der Waals surface area (Å²) in [6, 6.07) is 5.06. The number of benzene rings is 1. The van der Waals surface area contributed by atoms with Crippen molar-refractivity contribution in [3.05, 3.63) is 29.3 Å². The van der Waals surface area contributed by atoms with Crippen LogP contribution in [0.5, 0.6) is 0 Å². The molecule has 0 spiro atoms. The molecule has 1 aromatic carbocycles. The second-order valence-electron chi connectivity index (χ2n) is 6.71. The Balaban J connectivity index is 2.40. The number of amides is 1. The van der Waals surface area contributed by atoms with Gasteiger partial charge in [-0.2, -0.15) is 4.31 Å². The highest BCUT2D eigenvalue weighted by Crippen LogP contribution is 2.22. The van der Waals surface area contributed by atoms with Gasteiger partial charge in [-0.15, -0.1) is 0 Å². The summed E-state index contributed by atoms with van der Waals surface area (Å²) in [5, 5.41) is 3.30. The molecule has 2 rings (SSSR count). The number of hydrogen-bond acceptors (Lipinski definition) is 4. The molecule has 1 unspecified atom stereocenters. The lowest BCUT2D eigenvalue weighted by Crippen LogP contribution is -2.42. The van der Waals surface area contributed by atoms with Crippen LogP contribution >= 0.6 is 0 Å². The lowest BCUT2D eigenvalue weighted by molar-refractivity contribution is 0.0691. The third kappa shape index (κ3) is 4.27. The minimum atomic E-state index is -3.58. The molecule has 0 saturated carbocycles. The van der Waals surface area contributed by atoms with Crippen molar-refractivity contribution >= 4 is 15.9 Å². The second-order valence-corrected chi connectivity index (χ2v) is 8.65. The minimum absolute atomic E-state index is 0.0744. The molecule has 1 saturated heterocycles. The van der Waals surface area contributed by atoms with Crippen molar-refractivity contribution in [2.24, 2.45) is 0 Å². The summed E-state index contributed by atoms with van der Waals surface area (Å²) in [5.41, 5.74) is 1.29. The van der Waals surface area contributed by atoms with Crippen LogP contribution in [-0.4, -0.2) is 62.3 Å². The van der Waals surface area contributed by atoms with Gasteiger partial charge < -0.3 is 10.2 Å². The molecule has 0 aliphatic carbocycles. The lowest BCUT2D eigenvalue weighted by Gasteiger charge is -2.29. The van der Waals surface area contributed by atoms with Crippen molar-refractivity contribution in [3.8, 4) is 0 Å². The molecule has 1 amide bonds. The van der Waals surface area contributed by atoms with Crippen LogP contribution in [0.3, 0.4) is 0 Å². The van der Waals surface area contributed by atoms with Gasteiger partial charge in [-0.05, 0) is 44.0 Å². The molecule has 7 heteroatoms. The Kier molecular flexibility index (Phi) is 7.20. The Morgan fingerprint density at radius 3 is 2.46 bits per heavy atom. The van der Waals surface area contributed by atoms with Crippen LogP contribution < -0.4 is 5.32 Å². The van der Waals surface area contributed by atoms with E-state index in [1.807, 2.05) is 25.7 Å². The fourth-order valence-corrected chi connectivity index (χ4v) is 4.94. The van der Waals surface area contributed by atoms with E-state index in [0.717, 1.165) is 31.5 Å². The number of carbonyl (C=O) groups excluding carboxylic acids is 1. The van der Waals surface area contributed by atoms with E-state index >= 15 is 0 Å². The normalized spacial score (nSPS) is 17.7. The van der Waals surface area contributed by atoms with Crippen LogP contribution in [0, 0.1) is 6.92 Å². The van der Waals surface area contributed by atoms with Gasteiger partial charge in [0.05, 0.1) is 4.90 Å². The average molecular weight is 382 g/mol. The first-order chi connectivity index (χ1) is 12.4. The summed E-state index contributed by atoms with van der Waals surface area (Å²) < 4.78 is 27.1. The van der Waals surface area contributed by atoms with Gasteiger partial charge in [0.2, 0.25) is 10.0 Å². The molecular formula is C19H31N3O3S. The van der Waals surface area contributed by atoms with Gasteiger partial charge in [0.25, 0.3) is 5.91 Å². The van der Waals surface area contributed by atoms with Gasteiger partial charge in [-0.25, -0.2) is 8.42 Å². The molecule has 1 aromatic rings. The number of nitrogens with one attached hydrogen (secondary N) is 1. The number of sulfonamides is 1. The van der Waals surface area contributed by atoms with Gasteiger partial charge in [0.15, 0.2) is 0 Å². The Morgan fingerprint density at radius 2 is 1.92 bits per heavy atom. The third-order valence-electron chi connectivity index (χ3n) is 4.98. The quantitative estimate of drug-likeness (QED) is 0.750. The molecule has 6 nitrogen and oxygen atoms in total. The molecule has 1 fully saturated rings. The van der Waals surface area contributed by atoms with E-state index in [2.05, 4.69) is 12.2 Å². The maximum absolute atomic E-state index is 13.2. The molecule has 1 aliphatic heterocycles. The van der Waals surface area contributed by atoms with E-state index in [1.165, 1.54) is 4.31 Å². The van der Waals surface area contributed by atoms with E-state index in [-0.39, 0.29) is 16.8 Å². The fraction of sp³-hybridized carbons (Fsp3) is 0.632. The van der Waals surface area contributed by atoms with E-state index < -0.39 is 10.0 Å². The first-order valence-electron chi connectivity index (χ1n) is 9.49. The standard InChI is InChI=1S/C19H31N3O3S/c1-5-12-22(16-10-11-20-14-16)19(23)18-13-17(9-8-15(18)4)26(24,25)21(6-2)7-3/h8-9,13,16,20H,5-7,10-12,14H2,1-4H3. The van der Waals surface area contributed by atoms with Crippen molar-refractivity contribution in [2.75, 3.05) is 32.7 Å². The zero-order chi connectivity index (χ0) is 19.3. The van der Waals surface area contributed by atoms with Crippen LogP contribution in [0.2, 0.25) is 0 Å². The van der Waals surface area contributed by atoms with E-state index in [1.54, 1.807) is 18.2 Å². The molecule has 0 radical (unpaired) electrons. The Hall–Kier alpha value is -1.44. The highest BCUT2D eigenvalue weighted by Gasteiger charge is 2.29. The summed E-state index contributed by atoms with van der Waals surface area (Å²) in [5.74, 6) is -0.0744. The van der Waals surface area contributed by atoms with Crippen LogP contribution in [0.15, 0.2) is 23.1 Å². The Morgan fingerprint density at radius 1 is 1.23 bits per heavy atom. The van der Waals surface area contributed by atoms with Gasteiger partial charge in [0.1, 0.15) is 0 Å². The number of hydrogen-bond donors (Lipinski definition) is 1. The topological polar surface area (TPSA) is 69.7 Å². The monoisotopic (exact) mass is 381 g/mol. The number of aryl methyl sites for hydroxylation is 1.